The summed E-state index contributed by atoms with van der Waals surface area (Å²) in [6.45, 7) is 7.19. The highest BCUT2D eigenvalue weighted by molar-refractivity contribution is 9.10. The molecule has 0 aliphatic rings. The third-order valence-electron chi connectivity index (χ3n) is 3.69. The minimum absolute atomic E-state index is 0.232. The molecule has 5 nitrogen and oxygen atoms in total. The average molecular weight is 347 g/mol. The van der Waals surface area contributed by atoms with Crippen LogP contribution in [0.1, 0.15) is 45.0 Å². The smallest absolute Gasteiger partial charge is 0.0766 e. The van der Waals surface area contributed by atoms with Gasteiger partial charge in [-0.3, -0.25) is 16.0 Å². The molecule has 1 heterocycles. The van der Waals surface area contributed by atoms with E-state index in [1.807, 2.05) is 0 Å². The molecule has 0 aliphatic carbocycles. The zero-order valence-electron chi connectivity index (χ0n) is 12.9. The lowest BCUT2D eigenvalue weighted by Crippen LogP contribution is -2.38. The summed E-state index contributed by atoms with van der Waals surface area (Å²) in [5.41, 5.74) is 5.25. The normalized spacial score (nSPS) is 14.5. The molecule has 0 bridgehead atoms. The fraction of sp³-hybridized carbons (Fsp3) is 0.786. The van der Waals surface area contributed by atoms with E-state index in [0.717, 1.165) is 42.4 Å². The summed E-state index contributed by atoms with van der Waals surface area (Å²) in [6.07, 6.45) is 4.03. The molecule has 0 radical (unpaired) electrons. The summed E-state index contributed by atoms with van der Waals surface area (Å²) in [5.74, 6) is 5.69. The van der Waals surface area contributed by atoms with E-state index in [9.17, 15) is 0 Å². The predicted octanol–water partition coefficient (Wildman–Crippen LogP) is 2.42. The summed E-state index contributed by atoms with van der Waals surface area (Å²) in [7, 11) is 1.74. The van der Waals surface area contributed by atoms with E-state index >= 15 is 0 Å². The molecule has 3 N–H and O–H groups in total. The Hall–Kier alpha value is -0.430. The number of methoxy groups -OCH3 is 1. The van der Waals surface area contributed by atoms with Crippen molar-refractivity contribution in [3.05, 3.63) is 15.9 Å². The van der Waals surface area contributed by atoms with Crippen LogP contribution in [0.4, 0.5) is 0 Å². The van der Waals surface area contributed by atoms with Crippen molar-refractivity contribution in [3.8, 4) is 0 Å². The Labute approximate surface area is 130 Å². The molecule has 0 spiro atoms. The second-order valence-corrected chi connectivity index (χ2v) is 5.86. The van der Waals surface area contributed by atoms with E-state index in [1.165, 1.54) is 5.69 Å². The fourth-order valence-electron chi connectivity index (χ4n) is 2.24. The van der Waals surface area contributed by atoms with Crippen molar-refractivity contribution in [3.63, 3.8) is 0 Å². The van der Waals surface area contributed by atoms with E-state index < -0.39 is 0 Å². The number of ether oxygens (including phenoxy) is 1. The van der Waals surface area contributed by atoms with Gasteiger partial charge in [-0.1, -0.05) is 6.92 Å². The maximum atomic E-state index is 5.69. The van der Waals surface area contributed by atoms with Crippen LogP contribution in [0.25, 0.3) is 0 Å². The van der Waals surface area contributed by atoms with Crippen LogP contribution in [0.15, 0.2) is 4.47 Å². The first-order valence-corrected chi connectivity index (χ1v) is 8.09. The second kappa shape index (κ2) is 8.77. The second-order valence-electron chi connectivity index (χ2n) is 5.07. The Kier molecular flexibility index (Phi) is 7.72. The maximum absolute atomic E-state index is 5.69. The zero-order chi connectivity index (χ0) is 15.1. The Balaban J connectivity index is 2.76. The van der Waals surface area contributed by atoms with E-state index in [1.54, 1.807) is 7.11 Å². The highest BCUT2D eigenvalue weighted by Crippen LogP contribution is 2.24. The molecule has 1 aromatic heterocycles. The number of halogens is 1. The highest BCUT2D eigenvalue weighted by Gasteiger charge is 2.18. The zero-order valence-corrected chi connectivity index (χ0v) is 14.5. The summed E-state index contributed by atoms with van der Waals surface area (Å²) in [6, 6.07) is 0.232. The monoisotopic (exact) mass is 346 g/mol. The van der Waals surface area contributed by atoms with Crippen molar-refractivity contribution in [2.24, 2.45) is 5.84 Å². The van der Waals surface area contributed by atoms with Gasteiger partial charge in [-0.15, -0.1) is 0 Å². The Morgan fingerprint density at radius 3 is 2.60 bits per heavy atom. The van der Waals surface area contributed by atoms with Gasteiger partial charge in [-0.25, -0.2) is 0 Å². The highest BCUT2D eigenvalue weighted by atomic mass is 79.9. The van der Waals surface area contributed by atoms with Gasteiger partial charge < -0.3 is 4.74 Å². The molecule has 2 unspecified atom stereocenters. The minimum Gasteiger partial charge on any atom is -0.382 e. The van der Waals surface area contributed by atoms with Gasteiger partial charge in [0.25, 0.3) is 0 Å². The molecule has 1 rings (SSSR count). The molecule has 116 valence electrons. The molecular formula is C14H27BrN4O. The Morgan fingerprint density at radius 2 is 2.10 bits per heavy atom. The lowest BCUT2D eigenvalue weighted by atomic mass is 10.0. The average Bonchev–Trinajstić information content (AvgIpc) is 2.78. The SMILES string of the molecule is CCc1nn(CC)c(CC(CCC(C)OC)NN)c1Br. The summed E-state index contributed by atoms with van der Waals surface area (Å²) < 4.78 is 8.48. The Bertz CT molecular complexity index is 408. The van der Waals surface area contributed by atoms with E-state index in [0.29, 0.717) is 0 Å². The van der Waals surface area contributed by atoms with Gasteiger partial charge in [0, 0.05) is 26.1 Å². The molecule has 1 aromatic rings. The molecule has 0 aromatic carbocycles. The summed E-state index contributed by atoms with van der Waals surface area (Å²) >= 11 is 3.68. The van der Waals surface area contributed by atoms with Crippen LogP contribution in [0.5, 0.6) is 0 Å². The number of aryl methyl sites for hydroxylation is 2. The molecule has 0 aliphatic heterocycles. The van der Waals surface area contributed by atoms with Gasteiger partial charge in [-0.05, 0) is 49.0 Å². The van der Waals surface area contributed by atoms with Crippen LogP contribution in [0.3, 0.4) is 0 Å². The predicted molar refractivity (Wildman–Crippen MR) is 85.5 cm³/mol. The van der Waals surface area contributed by atoms with Crippen LogP contribution in [0.2, 0.25) is 0 Å². The van der Waals surface area contributed by atoms with Crippen molar-refractivity contribution < 1.29 is 4.74 Å². The van der Waals surface area contributed by atoms with Crippen LogP contribution in [-0.2, 0) is 24.1 Å². The number of aromatic nitrogens is 2. The first kappa shape index (κ1) is 17.6. The number of hydrogen-bond acceptors (Lipinski definition) is 4. The third-order valence-corrected chi connectivity index (χ3v) is 4.61. The maximum Gasteiger partial charge on any atom is 0.0766 e. The largest absolute Gasteiger partial charge is 0.382 e. The first-order valence-electron chi connectivity index (χ1n) is 7.30. The van der Waals surface area contributed by atoms with E-state index in [-0.39, 0.29) is 12.1 Å². The molecular weight excluding hydrogens is 320 g/mol. The number of hydrazine groups is 1. The molecule has 20 heavy (non-hydrogen) atoms. The van der Waals surface area contributed by atoms with Crippen LogP contribution in [0, 0.1) is 0 Å². The number of nitrogens with zero attached hydrogens (tertiary/aromatic N) is 2. The van der Waals surface area contributed by atoms with Crippen molar-refractivity contribution in [1.29, 1.82) is 0 Å². The number of rotatable bonds is 9. The van der Waals surface area contributed by atoms with Crippen LogP contribution < -0.4 is 11.3 Å². The summed E-state index contributed by atoms with van der Waals surface area (Å²) in [5, 5.41) is 4.62. The molecule has 0 saturated heterocycles. The molecule has 2 atom stereocenters. The molecule has 0 amide bonds. The minimum atomic E-state index is 0.232. The third kappa shape index (κ3) is 4.55. The van der Waals surface area contributed by atoms with Gasteiger partial charge in [0.1, 0.15) is 0 Å². The summed E-state index contributed by atoms with van der Waals surface area (Å²) in [4.78, 5) is 0. The number of nitrogens with two attached hydrogens (primary N) is 1. The fourth-order valence-corrected chi connectivity index (χ4v) is 2.97. The topological polar surface area (TPSA) is 65.1 Å². The molecule has 0 fully saturated rings. The van der Waals surface area contributed by atoms with Gasteiger partial charge in [0.05, 0.1) is 22.0 Å². The lowest BCUT2D eigenvalue weighted by molar-refractivity contribution is 0.106. The van der Waals surface area contributed by atoms with Crippen LogP contribution in [-0.4, -0.2) is 29.0 Å². The number of hydrogen-bond donors (Lipinski definition) is 2. The van der Waals surface area contributed by atoms with Crippen molar-refractivity contribution >= 4 is 15.9 Å². The van der Waals surface area contributed by atoms with Gasteiger partial charge in [0.15, 0.2) is 0 Å². The van der Waals surface area contributed by atoms with Crippen LogP contribution >= 0.6 is 15.9 Å². The molecule has 0 saturated carbocycles. The number of nitrogens with one attached hydrogen (secondary N) is 1. The Morgan fingerprint density at radius 1 is 1.40 bits per heavy atom. The molecule has 6 heteroatoms. The van der Waals surface area contributed by atoms with Crippen molar-refractivity contribution in [2.45, 2.75) is 65.1 Å². The van der Waals surface area contributed by atoms with E-state index in [2.05, 4.69) is 51.9 Å². The van der Waals surface area contributed by atoms with E-state index in [4.69, 9.17) is 10.6 Å². The first-order chi connectivity index (χ1) is 9.57. The van der Waals surface area contributed by atoms with Crippen molar-refractivity contribution in [1.82, 2.24) is 15.2 Å². The standard InChI is InChI=1S/C14H27BrN4O/c1-5-12-14(15)13(19(6-2)18-12)9-11(17-16)8-7-10(3)20-4/h10-11,17H,5-9,16H2,1-4H3. The van der Waals surface area contributed by atoms with Gasteiger partial charge >= 0.3 is 0 Å². The van der Waals surface area contributed by atoms with Gasteiger partial charge in [-0.2, -0.15) is 5.10 Å². The quantitative estimate of drug-likeness (QED) is 0.532. The lowest BCUT2D eigenvalue weighted by Gasteiger charge is -2.18. The van der Waals surface area contributed by atoms with Gasteiger partial charge in [0.2, 0.25) is 0 Å². The van der Waals surface area contributed by atoms with Crippen molar-refractivity contribution in [2.75, 3.05) is 7.11 Å².